The molecule has 0 amide bonds. The highest BCUT2D eigenvalue weighted by atomic mass is 35.5. The number of rotatable bonds is 4. The average Bonchev–Trinajstić information content (AvgIpc) is 2.16. The van der Waals surface area contributed by atoms with Gasteiger partial charge in [0.1, 0.15) is 5.75 Å². The number of benzene rings is 1. The fraction of sp³-hybridized carbons (Fsp3) is 0.300. The number of methoxy groups -OCH3 is 1. The Morgan fingerprint density at radius 3 is 2.79 bits per heavy atom. The van der Waals surface area contributed by atoms with Crippen molar-refractivity contribution >= 4 is 23.1 Å². The van der Waals surface area contributed by atoms with Gasteiger partial charge >= 0.3 is 0 Å². The molecule has 0 bridgehead atoms. The van der Waals surface area contributed by atoms with Crippen LogP contribution in [0.15, 0.2) is 18.2 Å². The van der Waals surface area contributed by atoms with Gasteiger partial charge in [-0.2, -0.15) is 0 Å². The summed E-state index contributed by atoms with van der Waals surface area (Å²) in [6, 6.07) is 5.22. The number of hydrogen-bond donors (Lipinski definition) is 1. The first-order valence-electron chi connectivity index (χ1n) is 4.17. The molecule has 0 radical (unpaired) electrons. The quantitative estimate of drug-likeness (QED) is 0.611. The summed E-state index contributed by atoms with van der Waals surface area (Å²) in [4.78, 5) is 11.1. The summed E-state index contributed by atoms with van der Waals surface area (Å²) in [5.41, 5.74) is 7.04. The van der Waals surface area contributed by atoms with Crippen LogP contribution < -0.4 is 10.5 Å². The molecule has 0 aliphatic heterocycles. The smallest absolute Gasteiger partial charge is 0.151 e. The van der Waals surface area contributed by atoms with Crippen molar-refractivity contribution in [3.8, 4) is 5.75 Å². The maximum absolute atomic E-state index is 11.1. The van der Waals surface area contributed by atoms with E-state index >= 15 is 0 Å². The molecule has 0 aliphatic rings. The van der Waals surface area contributed by atoms with Crippen molar-refractivity contribution in [1.29, 1.82) is 0 Å². The molecule has 1 aromatic carbocycles. The lowest BCUT2D eigenvalue weighted by atomic mass is 10.1. The van der Waals surface area contributed by atoms with Crippen LogP contribution in [-0.4, -0.2) is 18.8 Å². The molecule has 0 unspecified atom stereocenters. The molecule has 0 spiro atoms. The molecule has 4 heteroatoms. The highest BCUT2D eigenvalue weighted by molar-refractivity contribution is 6.27. The Balaban J connectivity index is 2.86. The van der Waals surface area contributed by atoms with E-state index in [1.54, 1.807) is 25.3 Å². The summed E-state index contributed by atoms with van der Waals surface area (Å²) >= 11 is 5.40. The van der Waals surface area contributed by atoms with Gasteiger partial charge < -0.3 is 10.5 Å². The van der Waals surface area contributed by atoms with Crippen molar-refractivity contribution in [2.75, 3.05) is 18.7 Å². The molecule has 0 aliphatic carbocycles. The standard InChI is InChI=1S/C10H12ClNO2/c1-14-10-4-7(2-8(12)5-10)3-9(13)6-11/h2,4-5H,3,6,12H2,1H3. The Hall–Kier alpha value is -1.22. The third-order valence-corrected chi connectivity index (χ3v) is 2.07. The maximum Gasteiger partial charge on any atom is 0.151 e. The molecule has 3 nitrogen and oxygen atoms in total. The second-order valence-corrected chi connectivity index (χ2v) is 3.23. The van der Waals surface area contributed by atoms with Gasteiger partial charge in [0.15, 0.2) is 5.78 Å². The van der Waals surface area contributed by atoms with E-state index in [1.165, 1.54) is 0 Å². The molecular formula is C10H12ClNO2. The molecule has 14 heavy (non-hydrogen) atoms. The lowest BCUT2D eigenvalue weighted by Crippen LogP contribution is -2.04. The number of Topliss-reactive ketones (excluding diaryl/α,β-unsaturated/α-hetero) is 1. The Morgan fingerprint density at radius 1 is 1.50 bits per heavy atom. The topological polar surface area (TPSA) is 52.3 Å². The molecule has 1 aromatic rings. The van der Waals surface area contributed by atoms with E-state index in [0.717, 1.165) is 5.56 Å². The van der Waals surface area contributed by atoms with Gasteiger partial charge in [0, 0.05) is 18.2 Å². The summed E-state index contributed by atoms with van der Waals surface area (Å²) in [5, 5.41) is 0. The van der Waals surface area contributed by atoms with Crippen molar-refractivity contribution < 1.29 is 9.53 Å². The van der Waals surface area contributed by atoms with Crippen LogP contribution in [0.5, 0.6) is 5.75 Å². The van der Waals surface area contributed by atoms with Crippen LogP contribution in [0.1, 0.15) is 5.56 Å². The Kier molecular flexibility index (Phi) is 3.77. The number of hydrogen-bond acceptors (Lipinski definition) is 3. The Morgan fingerprint density at radius 2 is 2.21 bits per heavy atom. The summed E-state index contributed by atoms with van der Waals surface area (Å²) < 4.78 is 5.03. The first kappa shape index (κ1) is 10.9. The van der Waals surface area contributed by atoms with Gasteiger partial charge in [0.25, 0.3) is 0 Å². The van der Waals surface area contributed by atoms with Gasteiger partial charge in [-0.25, -0.2) is 0 Å². The lowest BCUT2D eigenvalue weighted by molar-refractivity contribution is -0.116. The zero-order valence-corrected chi connectivity index (χ0v) is 8.67. The summed E-state index contributed by atoms with van der Waals surface area (Å²) in [7, 11) is 1.56. The number of anilines is 1. The number of nitrogens with two attached hydrogens (primary N) is 1. The fourth-order valence-corrected chi connectivity index (χ4v) is 1.28. The minimum Gasteiger partial charge on any atom is -0.497 e. The molecule has 0 saturated carbocycles. The zero-order valence-electron chi connectivity index (χ0n) is 7.92. The van der Waals surface area contributed by atoms with Crippen molar-refractivity contribution in [2.24, 2.45) is 0 Å². The highest BCUT2D eigenvalue weighted by Gasteiger charge is 2.04. The van der Waals surface area contributed by atoms with Crippen LogP contribution >= 0.6 is 11.6 Å². The van der Waals surface area contributed by atoms with Gasteiger partial charge in [-0.05, 0) is 17.7 Å². The average molecular weight is 214 g/mol. The van der Waals surface area contributed by atoms with Crippen LogP contribution in [0.3, 0.4) is 0 Å². The summed E-state index contributed by atoms with van der Waals surface area (Å²) in [6.07, 6.45) is 0.297. The number of nitrogen functional groups attached to an aromatic ring is 1. The number of alkyl halides is 1. The van der Waals surface area contributed by atoms with Gasteiger partial charge in [-0.15, -0.1) is 11.6 Å². The van der Waals surface area contributed by atoms with E-state index in [0.29, 0.717) is 17.9 Å². The minimum atomic E-state index is -0.0284. The summed E-state index contributed by atoms with van der Waals surface area (Å²) in [5.74, 6) is 0.651. The molecule has 76 valence electrons. The molecule has 0 saturated heterocycles. The third kappa shape index (κ3) is 2.92. The van der Waals surface area contributed by atoms with Crippen LogP contribution in [0, 0.1) is 0 Å². The molecule has 0 heterocycles. The van der Waals surface area contributed by atoms with Gasteiger partial charge in [-0.3, -0.25) is 4.79 Å². The molecule has 2 N–H and O–H groups in total. The number of carbonyl (C=O) groups is 1. The Bertz CT molecular complexity index is 339. The summed E-state index contributed by atoms with van der Waals surface area (Å²) in [6.45, 7) is 0. The normalized spacial score (nSPS) is 9.86. The van der Waals surface area contributed by atoms with Crippen molar-refractivity contribution in [1.82, 2.24) is 0 Å². The first-order chi connectivity index (χ1) is 6.65. The third-order valence-electron chi connectivity index (χ3n) is 1.77. The van der Waals surface area contributed by atoms with E-state index in [4.69, 9.17) is 22.1 Å². The highest BCUT2D eigenvalue weighted by Crippen LogP contribution is 2.18. The monoisotopic (exact) mass is 213 g/mol. The van der Waals surface area contributed by atoms with Crippen LogP contribution in [-0.2, 0) is 11.2 Å². The van der Waals surface area contributed by atoms with E-state index in [-0.39, 0.29) is 11.7 Å². The SMILES string of the molecule is COc1cc(N)cc(CC(=O)CCl)c1. The number of ketones is 1. The number of halogens is 1. The number of ether oxygens (including phenoxy) is 1. The molecule has 1 rings (SSSR count). The van der Waals surface area contributed by atoms with E-state index in [1.807, 2.05) is 0 Å². The van der Waals surface area contributed by atoms with E-state index < -0.39 is 0 Å². The second kappa shape index (κ2) is 4.86. The first-order valence-corrected chi connectivity index (χ1v) is 4.70. The largest absolute Gasteiger partial charge is 0.497 e. The lowest BCUT2D eigenvalue weighted by Gasteiger charge is -2.05. The Labute approximate surface area is 87.8 Å². The van der Waals surface area contributed by atoms with Crippen LogP contribution in [0.25, 0.3) is 0 Å². The predicted molar refractivity (Wildman–Crippen MR) is 56.8 cm³/mol. The van der Waals surface area contributed by atoms with Gasteiger partial charge in [0.2, 0.25) is 0 Å². The van der Waals surface area contributed by atoms with E-state index in [2.05, 4.69) is 0 Å². The van der Waals surface area contributed by atoms with Gasteiger partial charge in [0.05, 0.1) is 13.0 Å². The molecule has 0 aromatic heterocycles. The van der Waals surface area contributed by atoms with E-state index in [9.17, 15) is 4.79 Å². The fourth-order valence-electron chi connectivity index (χ4n) is 1.18. The van der Waals surface area contributed by atoms with Crippen LogP contribution in [0.4, 0.5) is 5.69 Å². The zero-order chi connectivity index (χ0) is 10.6. The van der Waals surface area contributed by atoms with Crippen molar-refractivity contribution in [2.45, 2.75) is 6.42 Å². The molecule has 0 atom stereocenters. The van der Waals surface area contributed by atoms with Gasteiger partial charge in [-0.1, -0.05) is 0 Å². The maximum atomic E-state index is 11.1. The molecular weight excluding hydrogens is 202 g/mol. The van der Waals surface area contributed by atoms with Crippen molar-refractivity contribution in [3.05, 3.63) is 23.8 Å². The minimum absolute atomic E-state index is 0.0249. The van der Waals surface area contributed by atoms with Crippen LogP contribution in [0.2, 0.25) is 0 Å². The number of carbonyl (C=O) groups excluding carboxylic acids is 1. The second-order valence-electron chi connectivity index (χ2n) is 2.96. The molecule has 0 fully saturated rings. The van der Waals surface area contributed by atoms with Crippen molar-refractivity contribution in [3.63, 3.8) is 0 Å². The predicted octanol–water partition coefficient (Wildman–Crippen LogP) is 1.63.